The third-order valence-corrected chi connectivity index (χ3v) is 0. The SMILES string of the molecule is O=S(=O)(O)O.O=[N+]([O-])[O-].O=[N+]([O-])[O-].O=[N+]([O-])[O-].[Rh+3]. The van der Waals surface area contributed by atoms with Crippen LogP contribution < -0.4 is 0 Å². The van der Waals surface area contributed by atoms with Gasteiger partial charge in [0.25, 0.3) is 0 Å². The molecular formula is H2N3O13RhS. The first kappa shape index (κ1) is 29.8. The molecule has 0 aliphatic heterocycles. The van der Waals surface area contributed by atoms with Crippen molar-refractivity contribution in [2.24, 2.45) is 0 Å². The Bertz CT molecular complexity index is 269. The molecular weight excluding hydrogens is 385 g/mol. The summed E-state index contributed by atoms with van der Waals surface area (Å²) in [5.41, 5.74) is 0. The molecule has 0 aliphatic carbocycles. The van der Waals surface area contributed by atoms with Gasteiger partial charge in [0.05, 0.1) is 15.3 Å². The Morgan fingerprint density at radius 3 is 0.667 bits per heavy atom. The Morgan fingerprint density at radius 2 is 0.667 bits per heavy atom. The van der Waals surface area contributed by atoms with E-state index in [1.807, 2.05) is 0 Å². The van der Waals surface area contributed by atoms with Gasteiger partial charge < -0.3 is 46.0 Å². The van der Waals surface area contributed by atoms with Crippen molar-refractivity contribution in [1.82, 2.24) is 0 Å². The molecule has 0 spiro atoms. The Hall–Kier alpha value is -1.91. The van der Waals surface area contributed by atoms with Gasteiger partial charge in [-0.15, -0.1) is 0 Å². The van der Waals surface area contributed by atoms with Crippen molar-refractivity contribution in [3.8, 4) is 0 Å². The summed E-state index contributed by atoms with van der Waals surface area (Å²) >= 11 is 0. The molecule has 110 valence electrons. The first-order chi connectivity index (χ1) is 7.20. The zero-order valence-corrected chi connectivity index (χ0v) is 9.92. The van der Waals surface area contributed by atoms with E-state index in [0.717, 1.165) is 0 Å². The van der Waals surface area contributed by atoms with Crippen LogP contribution in [0.2, 0.25) is 0 Å². The zero-order chi connectivity index (χ0) is 15.2. The minimum atomic E-state index is -4.67. The molecule has 0 saturated heterocycles. The summed E-state index contributed by atoms with van der Waals surface area (Å²) in [6, 6.07) is 0. The van der Waals surface area contributed by atoms with Gasteiger partial charge in [-0.1, -0.05) is 0 Å². The average Bonchev–Trinajstić information content (AvgIpc) is 1.73. The number of nitrogens with zero attached hydrogens (tertiary/aromatic N) is 3. The van der Waals surface area contributed by atoms with Gasteiger partial charge in [-0.05, 0) is 0 Å². The van der Waals surface area contributed by atoms with Crippen LogP contribution in [0.5, 0.6) is 0 Å². The molecule has 0 heterocycles. The minimum absolute atomic E-state index is 0. The van der Waals surface area contributed by atoms with Crippen molar-refractivity contribution in [2.45, 2.75) is 0 Å². The summed E-state index contributed by atoms with van der Waals surface area (Å²) in [4.78, 5) is 24.8. The Morgan fingerprint density at radius 1 is 0.667 bits per heavy atom. The maximum atomic E-state index is 8.74. The molecule has 0 aromatic carbocycles. The van der Waals surface area contributed by atoms with Crippen molar-refractivity contribution in [3.63, 3.8) is 0 Å². The summed E-state index contributed by atoms with van der Waals surface area (Å²) in [5, 5.41) is 44.2. The summed E-state index contributed by atoms with van der Waals surface area (Å²) in [6.45, 7) is 0. The van der Waals surface area contributed by atoms with Gasteiger partial charge in [-0.2, -0.15) is 8.42 Å². The topological polar surface area (TPSA) is 273 Å². The van der Waals surface area contributed by atoms with Gasteiger partial charge in [0.1, 0.15) is 0 Å². The van der Waals surface area contributed by atoms with Crippen LogP contribution in [0.15, 0.2) is 0 Å². The molecule has 0 atom stereocenters. The van der Waals surface area contributed by atoms with Gasteiger partial charge in [0, 0.05) is 0 Å². The van der Waals surface area contributed by atoms with E-state index in [0.29, 0.717) is 0 Å². The van der Waals surface area contributed by atoms with Crippen molar-refractivity contribution in [2.75, 3.05) is 0 Å². The quantitative estimate of drug-likeness (QED) is 0.210. The Labute approximate surface area is 109 Å². The predicted molar refractivity (Wildman–Crippen MR) is 45.3 cm³/mol. The normalized spacial score (nSPS) is 7.22. The van der Waals surface area contributed by atoms with Crippen LogP contribution in [0.25, 0.3) is 0 Å². The summed E-state index contributed by atoms with van der Waals surface area (Å²) in [6.07, 6.45) is 0. The third-order valence-electron chi connectivity index (χ3n) is 0. The van der Waals surface area contributed by atoms with E-state index in [1.165, 1.54) is 0 Å². The van der Waals surface area contributed by atoms with Gasteiger partial charge in [-0.25, -0.2) is 0 Å². The van der Waals surface area contributed by atoms with E-state index in [9.17, 15) is 0 Å². The largest absolute Gasteiger partial charge is 3.00 e. The van der Waals surface area contributed by atoms with E-state index >= 15 is 0 Å². The van der Waals surface area contributed by atoms with E-state index in [1.54, 1.807) is 0 Å². The van der Waals surface area contributed by atoms with E-state index in [4.69, 9.17) is 63.5 Å². The molecule has 0 saturated carbocycles. The third kappa shape index (κ3) is 665. The number of rotatable bonds is 0. The molecule has 0 unspecified atom stereocenters. The van der Waals surface area contributed by atoms with Crippen molar-refractivity contribution in [1.29, 1.82) is 0 Å². The van der Waals surface area contributed by atoms with Gasteiger partial charge in [-0.3, -0.25) is 9.11 Å². The second-order valence-electron chi connectivity index (χ2n) is 1.12. The van der Waals surface area contributed by atoms with Crippen LogP contribution in [-0.2, 0) is 29.9 Å². The molecule has 0 aromatic heterocycles. The van der Waals surface area contributed by atoms with Gasteiger partial charge in [0.2, 0.25) is 0 Å². The molecule has 18 heavy (non-hydrogen) atoms. The fourth-order valence-corrected chi connectivity index (χ4v) is 0. The molecule has 0 aromatic rings. The molecule has 0 rings (SSSR count). The van der Waals surface area contributed by atoms with Gasteiger partial charge >= 0.3 is 29.9 Å². The van der Waals surface area contributed by atoms with E-state index in [-0.39, 0.29) is 19.5 Å². The minimum Gasteiger partial charge on any atom is -0.356 e. The second kappa shape index (κ2) is 17.5. The molecule has 0 amide bonds. The standard InChI is InChI=1S/3NO3.H2O4S.Rh/c3*2-1(3)4;1-5(2,3)4;/h;;;(H2,1,2,3,4);/q3*-1;;+3. The second-order valence-corrected chi connectivity index (χ2v) is 2.01. The Balaban J connectivity index is -0.0000000412. The van der Waals surface area contributed by atoms with Gasteiger partial charge in [0.15, 0.2) is 0 Å². The number of hydrogen-bond donors (Lipinski definition) is 2. The zero-order valence-electron chi connectivity index (χ0n) is 7.47. The van der Waals surface area contributed by atoms with Crippen LogP contribution >= 0.6 is 0 Å². The first-order valence-corrected chi connectivity index (χ1v) is 3.74. The van der Waals surface area contributed by atoms with Crippen molar-refractivity contribution >= 4 is 10.4 Å². The molecule has 2 N–H and O–H groups in total. The smallest absolute Gasteiger partial charge is 0.356 e. The molecule has 0 radical (unpaired) electrons. The molecule has 0 bridgehead atoms. The maximum Gasteiger partial charge on any atom is 3.00 e. The van der Waals surface area contributed by atoms with Crippen LogP contribution in [0.3, 0.4) is 0 Å². The van der Waals surface area contributed by atoms with Crippen LogP contribution in [0, 0.1) is 46.0 Å². The molecule has 0 fully saturated rings. The summed E-state index contributed by atoms with van der Waals surface area (Å²) < 4.78 is 31.6. The Kier molecular flexibility index (Phi) is 28.9. The first-order valence-electron chi connectivity index (χ1n) is 2.34. The monoisotopic (exact) mass is 387 g/mol. The molecule has 0 aliphatic rings. The molecule has 18 heteroatoms. The van der Waals surface area contributed by atoms with Crippen LogP contribution in [0.1, 0.15) is 0 Å². The predicted octanol–water partition coefficient (Wildman–Crippen LogP) is -1.37. The fraction of sp³-hybridized carbons (Fsp3) is 0. The van der Waals surface area contributed by atoms with Crippen molar-refractivity contribution < 1.29 is 52.3 Å². The number of hydrogen-bond acceptors (Lipinski definition) is 11. The van der Waals surface area contributed by atoms with Crippen LogP contribution in [-0.4, -0.2) is 32.8 Å². The maximum absolute atomic E-state index is 8.74. The van der Waals surface area contributed by atoms with E-state index in [2.05, 4.69) is 0 Å². The van der Waals surface area contributed by atoms with Crippen molar-refractivity contribution in [3.05, 3.63) is 46.0 Å². The summed E-state index contributed by atoms with van der Waals surface area (Å²) in [5.74, 6) is 0. The summed E-state index contributed by atoms with van der Waals surface area (Å²) in [7, 11) is -4.67. The van der Waals surface area contributed by atoms with E-state index < -0.39 is 25.7 Å². The average molecular weight is 387 g/mol. The molecule has 16 nitrogen and oxygen atoms in total. The van der Waals surface area contributed by atoms with Crippen LogP contribution in [0.4, 0.5) is 0 Å². The fourth-order valence-electron chi connectivity index (χ4n) is 0.